The number of nitrogens with zero attached hydrogens (tertiary/aromatic N) is 2. The van der Waals surface area contributed by atoms with Gasteiger partial charge in [0, 0.05) is 12.4 Å². The summed E-state index contributed by atoms with van der Waals surface area (Å²) in [4.78, 5) is 0. The highest BCUT2D eigenvalue weighted by molar-refractivity contribution is 5.73. The fraction of sp³-hybridized carbons (Fsp3) is 0.300. The molecule has 0 amide bonds. The lowest BCUT2D eigenvalue weighted by atomic mass is 10.4. The van der Waals surface area contributed by atoms with E-state index in [4.69, 9.17) is 0 Å². The van der Waals surface area contributed by atoms with Crippen LogP contribution in [0.25, 0.3) is 0 Å². The molecule has 0 unspecified atom stereocenters. The molecule has 0 aromatic rings. The first kappa shape index (κ1) is 10.7. The summed E-state index contributed by atoms with van der Waals surface area (Å²) < 4.78 is 0. The molecule has 1 heterocycles. The molecule has 0 atom stereocenters. The van der Waals surface area contributed by atoms with Gasteiger partial charge < -0.3 is 0 Å². The van der Waals surface area contributed by atoms with Crippen LogP contribution in [0.4, 0.5) is 0 Å². The van der Waals surface area contributed by atoms with E-state index in [1.54, 1.807) is 11.2 Å². The van der Waals surface area contributed by atoms with Gasteiger partial charge in [-0.2, -0.15) is 5.10 Å². The molecule has 12 heavy (non-hydrogen) atoms. The van der Waals surface area contributed by atoms with Crippen LogP contribution in [-0.4, -0.2) is 11.2 Å². The monoisotopic (exact) mass is 164 g/mol. The van der Waals surface area contributed by atoms with E-state index >= 15 is 0 Å². The van der Waals surface area contributed by atoms with E-state index in [-0.39, 0.29) is 0 Å². The number of hydrogen-bond acceptors (Lipinski definition) is 2. The average molecular weight is 164 g/mol. The van der Waals surface area contributed by atoms with Crippen molar-refractivity contribution in [3.63, 3.8) is 0 Å². The van der Waals surface area contributed by atoms with E-state index in [2.05, 4.69) is 11.7 Å². The van der Waals surface area contributed by atoms with Crippen molar-refractivity contribution in [3.8, 4) is 0 Å². The van der Waals surface area contributed by atoms with E-state index in [0.29, 0.717) is 0 Å². The van der Waals surface area contributed by atoms with Gasteiger partial charge in [-0.1, -0.05) is 26.5 Å². The summed E-state index contributed by atoms with van der Waals surface area (Å²) in [5, 5.41) is 5.76. The van der Waals surface area contributed by atoms with Gasteiger partial charge in [-0.25, -0.2) is 5.01 Å². The summed E-state index contributed by atoms with van der Waals surface area (Å²) in [5.74, 6) is 0. The van der Waals surface area contributed by atoms with E-state index in [9.17, 15) is 0 Å². The summed E-state index contributed by atoms with van der Waals surface area (Å²) in [5.41, 5.74) is 0.889. The molecule has 0 aromatic heterocycles. The first-order chi connectivity index (χ1) is 5.84. The van der Waals surface area contributed by atoms with Crippen LogP contribution in [-0.2, 0) is 0 Å². The second kappa shape index (κ2) is 6.40. The Balaban J connectivity index is 0.000000561. The molecule has 1 rings (SSSR count). The van der Waals surface area contributed by atoms with Crippen molar-refractivity contribution < 1.29 is 0 Å². The maximum atomic E-state index is 4.04. The first-order valence-corrected chi connectivity index (χ1v) is 4.16. The summed E-state index contributed by atoms with van der Waals surface area (Å²) in [6.07, 6.45) is 9.29. The second-order valence-corrected chi connectivity index (χ2v) is 1.94. The summed E-state index contributed by atoms with van der Waals surface area (Å²) in [7, 11) is 0. The molecule has 1 aliphatic heterocycles. The van der Waals surface area contributed by atoms with Crippen molar-refractivity contribution in [2.45, 2.75) is 20.8 Å². The van der Waals surface area contributed by atoms with Gasteiger partial charge in [-0.3, -0.25) is 0 Å². The lowest BCUT2D eigenvalue weighted by molar-refractivity contribution is 0.515. The Morgan fingerprint density at radius 2 is 2.17 bits per heavy atom. The average Bonchev–Trinajstić information content (AvgIpc) is 2.13. The molecule has 2 nitrogen and oxygen atoms in total. The highest BCUT2D eigenvalue weighted by Crippen LogP contribution is 2.07. The van der Waals surface area contributed by atoms with Crippen LogP contribution in [0, 0.1) is 0 Å². The summed E-state index contributed by atoms with van der Waals surface area (Å²) >= 11 is 0. The smallest absolute Gasteiger partial charge is 0.0574 e. The SMILES string of the molecule is C=C1C=CC=NN1/C=C\C.CC. The van der Waals surface area contributed by atoms with Gasteiger partial charge in [0.1, 0.15) is 0 Å². The molecule has 0 spiro atoms. The van der Waals surface area contributed by atoms with Gasteiger partial charge in [0.25, 0.3) is 0 Å². The van der Waals surface area contributed by atoms with E-state index in [0.717, 1.165) is 5.70 Å². The molecule has 0 radical (unpaired) electrons. The molecule has 0 saturated carbocycles. The number of allylic oxidation sites excluding steroid dienone is 3. The quantitative estimate of drug-likeness (QED) is 0.581. The number of hydrogen-bond donors (Lipinski definition) is 0. The van der Waals surface area contributed by atoms with Crippen molar-refractivity contribution in [1.82, 2.24) is 5.01 Å². The summed E-state index contributed by atoms with van der Waals surface area (Å²) in [6, 6.07) is 0. The molecule has 0 fully saturated rings. The van der Waals surface area contributed by atoms with Crippen LogP contribution >= 0.6 is 0 Å². The molecular formula is C10H16N2. The van der Waals surface area contributed by atoms with Gasteiger partial charge in [0.05, 0.1) is 5.70 Å². The van der Waals surface area contributed by atoms with Crippen molar-refractivity contribution in [2.24, 2.45) is 5.10 Å². The van der Waals surface area contributed by atoms with Crippen LogP contribution < -0.4 is 0 Å². The fourth-order valence-electron chi connectivity index (χ4n) is 0.690. The van der Waals surface area contributed by atoms with Crippen molar-refractivity contribution in [3.05, 3.63) is 36.7 Å². The largest absolute Gasteiger partial charge is 0.242 e. The maximum absolute atomic E-state index is 4.04. The van der Waals surface area contributed by atoms with Gasteiger partial charge >= 0.3 is 0 Å². The molecule has 1 aliphatic rings. The molecule has 2 heteroatoms. The molecule has 0 saturated heterocycles. The minimum Gasteiger partial charge on any atom is -0.242 e. The van der Waals surface area contributed by atoms with Crippen LogP contribution in [0.3, 0.4) is 0 Å². The van der Waals surface area contributed by atoms with Crippen LogP contribution in [0.2, 0.25) is 0 Å². The van der Waals surface area contributed by atoms with Crippen molar-refractivity contribution in [2.75, 3.05) is 0 Å². The number of hydrazone groups is 1. The Bertz CT molecular complexity index is 212. The van der Waals surface area contributed by atoms with Crippen molar-refractivity contribution >= 4 is 6.21 Å². The van der Waals surface area contributed by atoms with Gasteiger partial charge in [0.15, 0.2) is 0 Å². The third-order valence-corrected chi connectivity index (χ3v) is 1.15. The van der Waals surface area contributed by atoms with Crippen LogP contribution in [0.5, 0.6) is 0 Å². The summed E-state index contributed by atoms with van der Waals surface area (Å²) in [6.45, 7) is 9.73. The standard InChI is InChI=1S/C8H10N2.C2H6/c1-3-7-10-8(2)5-4-6-9-10;1-2/h3-7H,2H2,1H3;1-2H3/b7-3-;. The van der Waals surface area contributed by atoms with Crippen LogP contribution in [0.15, 0.2) is 41.8 Å². The molecular weight excluding hydrogens is 148 g/mol. The zero-order chi connectivity index (χ0) is 9.40. The normalized spacial score (nSPS) is 14.9. The third kappa shape index (κ3) is 3.19. The Kier molecular flexibility index (Phi) is 5.70. The molecule has 0 aliphatic carbocycles. The molecule has 66 valence electrons. The lowest BCUT2D eigenvalue weighted by Crippen LogP contribution is -2.08. The fourth-order valence-corrected chi connectivity index (χ4v) is 0.690. The maximum Gasteiger partial charge on any atom is 0.0574 e. The predicted octanol–water partition coefficient (Wildman–Crippen LogP) is 2.92. The topological polar surface area (TPSA) is 15.6 Å². The highest BCUT2D eigenvalue weighted by atomic mass is 15.4. The number of rotatable bonds is 1. The van der Waals surface area contributed by atoms with E-state index in [1.807, 2.05) is 45.2 Å². The second-order valence-electron chi connectivity index (χ2n) is 1.94. The Labute approximate surface area is 74.6 Å². The minimum absolute atomic E-state index is 0.889. The molecule has 0 N–H and O–H groups in total. The first-order valence-electron chi connectivity index (χ1n) is 4.16. The van der Waals surface area contributed by atoms with Gasteiger partial charge in [-0.05, 0) is 19.1 Å². The predicted molar refractivity (Wildman–Crippen MR) is 54.8 cm³/mol. The highest BCUT2D eigenvalue weighted by Gasteiger charge is 1.98. The van der Waals surface area contributed by atoms with E-state index in [1.165, 1.54) is 0 Å². The Morgan fingerprint density at radius 1 is 1.50 bits per heavy atom. The van der Waals surface area contributed by atoms with Gasteiger partial charge in [-0.15, -0.1) is 0 Å². The Morgan fingerprint density at radius 3 is 2.67 bits per heavy atom. The zero-order valence-electron chi connectivity index (χ0n) is 7.99. The zero-order valence-corrected chi connectivity index (χ0v) is 7.99. The van der Waals surface area contributed by atoms with Gasteiger partial charge in [0.2, 0.25) is 0 Å². The lowest BCUT2D eigenvalue weighted by Gasteiger charge is -2.15. The molecule has 0 aromatic carbocycles. The van der Waals surface area contributed by atoms with Crippen LogP contribution in [0.1, 0.15) is 20.8 Å². The van der Waals surface area contributed by atoms with E-state index < -0.39 is 0 Å². The molecule has 0 bridgehead atoms. The minimum atomic E-state index is 0.889. The third-order valence-electron chi connectivity index (χ3n) is 1.15. The Hall–Kier alpha value is -1.31. The van der Waals surface area contributed by atoms with Crippen molar-refractivity contribution in [1.29, 1.82) is 0 Å².